The molecule has 214 valence electrons. The van der Waals surface area contributed by atoms with Crippen molar-refractivity contribution in [2.75, 3.05) is 37.6 Å². The van der Waals surface area contributed by atoms with E-state index in [2.05, 4.69) is 71.6 Å². The fraction of sp³-hybridized carbons (Fsp3) is 0.314. The van der Waals surface area contributed by atoms with Gasteiger partial charge in [-0.1, -0.05) is 61.9 Å². The molecule has 7 rings (SSSR count). The summed E-state index contributed by atoms with van der Waals surface area (Å²) in [6.07, 6.45) is 9.20. The summed E-state index contributed by atoms with van der Waals surface area (Å²) in [5.41, 5.74) is 10.8. The zero-order valence-corrected chi connectivity index (χ0v) is 25.2. The van der Waals surface area contributed by atoms with Gasteiger partial charge in [0.15, 0.2) is 0 Å². The Hall–Kier alpha value is -3.87. The van der Waals surface area contributed by atoms with Gasteiger partial charge in [0.25, 0.3) is 0 Å². The number of fused-ring (bicyclic) bond motifs is 2. The van der Waals surface area contributed by atoms with Crippen LogP contribution in [0.2, 0.25) is 5.02 Å². The summed E-state index contributed by atoms with van der Waals surface area (Å²) in [7, 11) is 0. The Kier molecular flexibility index (Phi) is 6.91. The zero-order valence-electron chi connectivity index (χ0n) is 24.4. The molecule has 0 radical (unpaired) electrons. The third-order valence-electron chi connectivity index (χ3n) is 9.06. The van der Waals surface area contributed by atoms with Gasteiger partial charge in [0, 0.05) is 55.0 Å². The van der Waals surface area contributed by atoms with Gasteiger partial charge in [-0.05, 0) is 77.8 Å². The number of hydrogen-bond donors (Lipinski definition) is 1. The predicted molar refractivity (Wildman–Crippen MR) is 175 cm³/mol. The second-order valence-corrected chi connectivity index (χ2v) is 12.9. The molecule has 0 saturated carbocycles. The molecule has 42 heavy (non-hydrogen) atoms. The summed E-state index contributed by atoms with van der Waals surface area (Å²) < 4.78 is 2.00. The molecule has 1 fully saturated rings. The van der Waals surface area contributed by atoms with Crippen LogP contribution >= 0.6 is 11.6 Å². The number of halogens is 1. The van der Waals surface area contributed by atoms with Crippen LogP contribution in [0.5, 0.6) is 0 Å². The van der Waals surface area contributed by atoms with Crippen LogP contribution in [-0.4, -0.2) is 57.4 Å². The fourth-order valence-corrected chi connectivity index (χ4v) is 6.72. The largest absolute Gasteiger partial charge is 0.369 e. The van der Waals surface area contributed by atoms with E-state index in [1.165, 1.54) is 29.7 Å². The first-order valence-electron chi connectivity index (χ1n) is 14.9. The van der Waals surface area contributed by atoms with Gasteiger partial charge in [0.05, 0.1) is 17.4 Å². The van der Waals surface area contributed by atoms with E-state index in [4.69, 9.17) is 21.7 Å². The second kappa shape index (κ2) is 10.8. The van der Waals surface area contributed by atoms with Crippen LogP contribution in [0.15, 0.2) is 79.1 Å². The maximum Gasteiger partial charge on any atom is 0.138 e. The summed E-state index contributed by atoms with van der Waals surface area (Å²) in [5.74, 6) is 0. The number of nitrogens with one attached hydrogen (secondary N) is 1. The average Bonchev–Trinajstić information content (AvgIpc) is 3.63. The normalized spacial score (nSPS) is 17.8. The Morgan fingerprint density at radius 3 is 2.62 bits per heavy atom. The molecule has 0 amide bonds. The van der Waals surface area contributed by atoms with Gasteiger partial charge in [-0.25, -0.2) is 9.67 Å². The lowest BCUT2D eigenvalue weighted by molar-refractivity contribution is 0.264. The van der Waals surface area contributed by atoms with Crippen LogP contribution in [0.1, 0.15) is 44.2 Å². The molecule has 2 aliphatic rings. The van der Waals surface area contributed by atoms with Crippen LogP contribution in [0.3, 0.4) is 0 Å². The van der Waals surface area contributed by atoms with Crippen molar-refractivity contribution in [3.05, 3.63) is 95.3 Å². The molecule has 3 aromatic heterocycles. The lowest BCUT2D eigenvalue weighted by atomic mass is 9.72. The minimum Gasteiger partial charge on any atom is -0.369 e. The smallest absolute Gasteiger partial charge is 0.138 e. The summed E-state index contributed by atoms with van der Waals surface area (Å²) in [6.45, 7) is 14.0. The number of pyridine rings is 1. The van der Waals surface area contributed by atoms with Crippen LogP contribution < -0.4 is 4.90 Å². The van der Waals surface area contributed by atoms with Crippen LogP contribution in [0.4, 0.5) is 5.69 Å². The Balaban J connectivity index is 1.11. The van der Waals surface area contributed by atoms with E-state index in [9.17, 15) is 0 Å². The molecular formula is C35H37ClN6. The van der Waals surface area contributed by atoms with Crippen molar-refractivity contribution in [2.24, 2.45) is 5.41 Å². The first-order valence-corrected chi connectivity index (χ1v) is 15.3. The minimum absolute atomic E-state index is 0.329. The van der Waals surface area contributed by atoms with Crippen molar-refractivity contribution in [1.29, 1.82) is 0 Å². The first-order chi connectivity index (χ1) is 20.4. The van der Waals surface area contributed by atoms with Crippen LogP contribution in [0.25, 0.3) is 39.4 Å². The number of benzene rings is 2. The van der Waals surface area contributed by atoms with E-state index >= 15 is 0 Å². The minimum atomic E-state index is 0.329. The molecule has 0 bridgehead atoms. The number of hydrogen-bond acceptors (Lipinski definition) is 4. The monoisotopic (exact) mass is 576 g/mol. The highest BCUT2D eigenvalue weighted by Gasteiger charge is 2.29. The standard InChI is InChI=1S/C35H37ClN6/c1-4-24-7-10-29(20-32(24)42-33-19-26-12-14-37-34(26)39-31(33)22-38-42)41-17-15-40(16-18-41)23-27-11-13-35(2,3)21-30(27)25-5-8-28(36)9-6-25/h4-10,12,14,19-20,22H,1,11,13,15-18,21,23H2,2-3H3,(H,37,39). The maximum atomic E-state index is 6.22. The predicted octanol–water partition coefficient (Wildman–Crippen LogP) is 7.98. The number of rotatable bonds is 6. The number of piperazine rings is 1. The van der Waals surface area contributed by atoms with Crippen molar-refractivity contribution in [1.82, 2.24) is 24.6 Å². The van der Waals surface area contributed by atoms with Gasteiger partial charge >= 0.3 is 0 Å². The topological polar surface area (TPSA) is 53.0 Å². The SMILES string of the molecule is C=Cc1ccc(N2CCN(CC3=C(c4ccc(Cl)cc4)CC(C)(C)CC3)CC2)cc1-n1ncc2nc3[nH]ccc3cc21. The first kappa shape index (κ1) is 27.0. The molecular weight excluding hydrogens is 540 g/mol. The van der Waals surface area contributed by atoms with Crippen LogP contribution in [-0.2, 0) is 0 Å². The number of anilines is 1. The van der Waals surface area contributed by atoms with Gasteiger partial charge in [0.2, 0.25) is 0 Å². The third kappa shape index (κ3) is 5.14. The van der Waals surface area contributed by atoms with E-state index in [-0.39, 0.29) is 0 Å². The maximum absolute atomic E-state index is 6.22. The van der Waals surface area contributed by atoms with Crippen LogP contribution in [0, 0.1) is 5.41 Å². The molecule has 1 N–H and O–H groups in total. The lowest BCUT2D eigenvalue weighted by Gasteiger charge is -2.39. The van der Waals surface area contributed by atoms with Gasteiger partial charge < -0.3 is 9.88 Å². The summed E-state index contributed by atoms with van der Waals surface area (Å²) in [6, 6.07) is 19.3. The molecule has 1 aliphatic heterocycles. The Labute approximate surface area is 252 Å². The van der Waals surface area contributed by atoms with Gasteiger partial charge in [-0.2, -0.15) is 5.10 Å². The molecule has 0 spiro atoms. The summed E-state index contributed by atoms with van der Waals surface area (Å²) in [4.78, 5) is 13.1. The Morgan fingerprint density at radius 2 is 1.83 bits per heavy atom. The molecule has 1 saturated heterocycles. The van der Waals surface area contributed by atoms with Gasteiger partial charge in [0.1, 0.15) is 11.2 Å². The molecule has 4 heterocycles. The highest BCUT2D eigenvalue weighted by molar-refractivity contribution is 6.30. The lowest BCUT2D eigenvalue weighted by Crippen LogP contribution is -2.47. The third-order valence-corrected chi connectivity index (χ3v) is 9.31. The number of H-pyrrole nitrogens is 1. The molecule has 0 unspecified atom stereocenters. The Morgan fingerprint density at radius 1 is 1.02 bits per heavy atom. The summed E-state index contributed by atoms with van der Waals surface area (Å²) >= 11 is 6.22. The highest BCUT2D eigenvalue weighted by atomic mass is 35.5. The number of aromatic amines is 1. The molecule has 6 nitrogen and oxygen atoms in total. The molecule has 7 heteroatoms. The summed E-state index contributed by atoms with van der Waals surface area (Å²) in [5, 5.41) is 6.61. The zero-order chi connectivity index (χ0) is 28.8. The quantitative estimate of drug-likeness (QED) is 0.223. The second-order valence-electron chi connectivity index (χ2n) is 12.5. The van der Waals surface area contributed by atoms with Crippen molar-refractivity contribution in [2.45, 2.75) is 33.1 Å². The highest BCUT2D eigenvalue weighted by Crippen LogP contribution is 2.43. The average molecular weight is 577 g/mol. The molecule has 5 aromatic rings. The van der Waals surface area contributed by atoms with E-state index in [0.29, 0.717) is 5.41 Å². The molecule has 0 atom stereocenters. The number of aromatic nitrogens is 4. The Bertz CT molecular complexity index is 1800. The van der Waals surface area contributed by atoms with E-state index in [1.807, 2.05) is 41.4 Å². The van der Waals surface area contributed by atoms with Crippen molar-refractivity contribution < 1.29 is 0 Å². The van der Waals surface area contributed by atoms with Crippen molar-refractivity contribution in [3.8, 4) is 5.69 Å². The number of allylic oxidation sites excluding steroid dienone is 1. The van der Waals surface area contributed by atoms with E-state index in [0.717, 1.165) is 77.5 Å². The van der Waals surface area contributed by atoms with E-state index < -0.39 is 0 Å². The fourth-order valence-electron chi connectivity index (χ4n) is 6.60. The van der Waals surface area contributed by atoms with E-state index in [1.54, 1.807) is 5.57 Å². The van der Waals surface area contributed by atoms with Gasteiger partial charge in [-0.3, -0.25) is 4.90 Å². The van der Waals surface area contributed by atoms with Crippen molar-refractivity contribution in [3.63, 3.8) is 0 Å². The number of nitrogens with zero attached hydrogens (tertiary/aromatic N) is 5. The van der Waals surface area contributed by atoms with Crippen molar-refractivity contribution >= 4 is 51.0 Å². The molecule has 1 aliphatic carbocycles. The van der Waals surface area contributed by atoms with Gasteiger partial charge in [-0.15, -0.1) is 0 Å². The molecule has 2 aromatic carbocycles.